The number of pyridine rings is 1. The van der Waals surface area contributed by atoms with E-state index in [-0.39, 0.29) is 47.9 Å². The number of nitrogens with one attached hydrogen (secondary N) is 1. The largest absolute Gasteiger partial charge is 0.496 e. The Kier molecular flexibility index (Phi) is 12.2. The number of amides is 2. The van der Waals surface area contributed by atoms with E-state index in [0.717, 1.165) is 114 Å². The minimum absolute atomic E-state index is 0. The van der Waals surface area contributed by atoms with Crippen LogP contribution in [0, 0.1) is 24.2 Å². The first-order chi connectivity index (χ1) is 25.1. The number of nitrogens with two attached hydrogens (primary N) is 1. The maximum atomic E-state index is 14.2. The van der Waals surface area contributed by atoms with Crippen molar-refractivity contribution in [3.63, 3.8) is 0 Å². The smallest absolute Gasteiger partial charge is 0.407 e. The number of rotatable bonds is 10. The topological polar surface area (TPSA) is 133 Å². The molecule has 3 N–H and O–H groups in total. The number of nitrogens with zero attached hydrogens (tertiary/aromatic N) is 2. The molecular formula is C42H60N4O6. The third-order valence-electron chi connectivity index (χ3n) is 12.5. The van der Waals surface area contributed by atoms with Gasteiger partial charge in [0.1, 0.15) is 11.6 Å². The molecule has 1 aromatic heterocycles. The van der Waals surface area contributed by atoms with Crippen molar-refractivity contribution >= 4 is 29.3 Å². The van der Waals surface area contributed by atoms with Gasteiger partial charge >= 0.3 is 6.09 Å². The van der Waals surface area contributed by atoms with Crippen LogP contribution in [0.2, 0.25) is 0 Å². The first kappa shape index (κ1) is 37.8. The molecule has 0 radical (unpaired) electrons. The molecule has 0 atom stereocenters. The van der Waals surface area contributed by atoms with Crippen molar-refractivity contribution in [2.24, 2.45) is 23.0 Å². The number of benzene rings is 1. The highest BCUT2D eigenvalue weighted by Crippen LogP contribution is 2.58. The van der Waals surface area contributed by atoms with Gasteiger partial charge < -0.3 is 25.3 Å². The zero-order valence-electron chi connectivity index (χ0n) is 31.4. The molecule has 5 aliphatic carbocycles. The molecule has 10 heteroatoms. The molecule has 1 aromatic carbocycles. The third kappa shape index (κ3) is 8.99. The van der Waals surface area contributed by atoms with Gasteiger partial charge in [-0.05, 0) is 124 Å². The Labute approximate surface area is 310 Å². The summed E-state index contributed by atoms with van der Waals surface area (Å²) in [6.07, 6.45) is 18.8. The molecular weight excluding hydrogens is 656 g/mol. The number of ketones is 1. The highest BCUT2D eigenvalue weighted by molar-refractivity contribution is 5.99. The number of aryl methyl sites for hydroxylation is 1. The van der Waals surface area contributed by atoms with Crippen molar-refractivity contribution < 1.29 is 30.0 Å². The fourth-order valence-electron chi connectivity index (χ4n) is 8.85. The normalized spacial score (nSPS) is 25.0. The summed E-state index contributed by atoms with van der Waals surface area (Å²) in [6, 6.07) is 10.7. The van der Waals surface area contributed by atoms with Gasteiger partial charge in [0, 0.05) is 62.6 Å². The van der Waals surface area contributed by atoms with Gasteiger partial charge in [-0.3, -0.25) is 14.5 Å². The van der Waals surface area contributed by atoms with Crippen LogP contribution in [0.5, 0.6) is 5.75 Å². The lowest BCUT2D eigenvalue weighted by Crippen LogP contribution is -2.51. The summed E-state index contributed by atoms with van der Waals surface area (Å²) in [5, 5.41) is 2.73. The first-order valence-electron chi connectivity index (χ1n) is 19.5. The van der Waals surface area contributed by atoms with Crippen LogP contribution < -0.4 is 20.7 Å². The van der Waals surface area contributed by atoms with Crippen molar-refractivity contribution in [1.29, 1.82) is 0 Å². The van der Waals surface area contributed by atoms with Crippen LogP contribution >= 0.6 is 0 Å². The van der Waals surface area contributed by atoms with Gasteiger partial charge in [-0.15, -0.1) is 0 Å². The van der Waals surface area contributed by atoms with Crippen LogP contribution in [0.4, 0.5) is 10.6 Å². The van der Waals surface area contributed by atoms with E-state index < -0.39 is 0 Å². The number of hydrogen-bond acceptors (Lipinski definition) is 8. The number of allylic oxidation sites excluding steroid dienone is 1. The van der Waals surface area contributed by atoms with E-state index in [9.17, 15) is 14.4 Å². The summed E-state index contributed by atoms with van der Waals surface area (Å²) in [7, 11) is 3.10. The van der Waals surface area contributed by atoms with Gasteiger partial charge in [-0.2, -0.15) is 0 Å². The number of ether oxygens (including phenoxy) is 3. The average Bonchev–Trinajstić information content (AvgIpc) is 4.05. The molecule has 10 nitrogen and oxygen atoms in total. The highest BCUT2D eigenvalue weighted by Gasteiger charge is 2.50. The van der Waals surface area contributed by atoms with Crippen molar-refractivity contribution in [1.82, 2.24) is 10.3 Å². The number of hydrogen-bond donors (Lipinski definition) is 2. The molecule has 52 heavy (non-hydrogen) atoms. The second-order valence-electron chi connectivity index (χ2n) is 15.9. The Balaban J connectivity index is 0.000000389. The van der Waals surface area contributed by atoms with Crippen molar-refractivity contribution in [3.8, 4) is 5.75 Å². The Morgan fingerprint density at radius 1 is 0.942 bits per heavy atom. The van der Waals surface area contributed by atoms with Gasteiger partial charge in [-0.25, -0.2) is 9.78 Å². The molecule has 2 bridgehead atoms. The fraction of sp³-hybridized carbons (Fsp3) is 0.619. The molecule has 2 heterocycles. The van der Waals surface area contributed by atoms with Crippen LogP contribution in [0.25, 0.3) is 5.70 Å². The summed E-state index contributed by atoms with van der Waals surface area (Å²) in [6.45, 7) is 4.30. The Morgan fingerprint density at radius 3 is 2.25 bits per heavy atom. The van der Waals surface area contributed by atoms with Crippen LogP contribution in [0.3, 0.4) is 0 Å². The average molecular weight is 717 g/mol. The second kappa shape index (κ2) is 16.8. The molecule has 2 amide bonds. The highest BCUT2D eigenvalue weighted by atomic mass is 16.5. The molecule has 284 valence electrons. The lowest BCUT2D eigenvalue weighted by atomic mass is 9.51. The minimum atomic E-state index is -0.350. The number of fused-ring (bicyclic) bond motifs is 3. The van der Waals surface area contributed by atoms with Gasteiger partial charge in [0.05, 0.1) is 14.2 Å². The quantitative estimate of drug-likeness (QED) is 0.240. The van der Waals surface area contributed by atoms with E-state index in [1.807, 2.05) is 17.0 Å². The lowest BCUT2D eigenvalue weighted by molar-refractivity contribution is -0.124. The van der Waals surface area contributed by atoms with Crippen molar-refractivity contribution in [2.45, 2.75) is 115 Å². The van der Waals surface area contributed by atoms with E-state index in [1.54, 1.807) is 19.4 Å². The van der Waals surface area contributed by atoms with Crippen molar-refractivity contribution in [3.05, 3.63) is 59.3 Å². The number of alkyl carbamates (subject to hydrolysis) is 1. The van der Waals surface area contributed by atoms with Crippen LogP contribution in [-0.4, -0.2) is 62.8 Å². The van der Waals surface area contributed by atoms with Gasteiger partial charge in [0.2, 0.25) is 5.91 Å². The minimum Gasteiger partial charge on any atom is -0.496 e. The molecule has 6 fully saturated rings. The molecule has 8 rings (SSSR count). The molecule has 6 aliphatic rings. The Morgan fingerprint density at radius 2 is 1.63 bits per heavy atom. The summed E-state index contributed by atoms with van der Waals surface area (Å²) >= 11 is 0. The number of anilines is 1. The van der Waals surface area contributed by atoms with E-state index in [0.29, 0.717) is 18.1 Å². The fourth-order valence-corrected chi connectivity index (χ4v) is 8.85. The lowest BCUT2D eigenvalue weighted by Gasteiger charge is -2.55. The molecule has 1 saturated heterocycles. The zero-order valence-corrected chi connectivity index (χ0v) is 31.4. The zero-order chi connectivity index (χ0) is 36.7. The SMILES string of the molecule is COC(=O)NC1CCOCC1.COc1ccc(C23CCC(CN(C(=O)C4CCCCC4)c4cc(/C(N)=C/C(=O)C5CC5)ccn4)(CC2)CC3)cc1C.[HH]. The van der Waals surface area contributed by atoms with Crippen molar-refractivity contribution in [2.75, 3.05) is 38.9 Å². The molecule has 2 aromatic rings. The predicted octanol–water partition coefficient (Wildman–Crippen LogP) is 7.65. The predicted molar refractivity (Wildman–Crippen MR) is 204 cm³/mol. The molecule has 5 saturated carbocycles. The number of methoxy groups -OCH3 is 2. The summed E-state index contributed by atoms with van der Waals surface area (Å²) in [4.78, 5) is 44.0. The number of carbonyl (C=O) groups is 3. The van der Waals surface area contributed by atoms with Gasteiger partial charge in [0.15, 0.2) is 5.78 Å². The maximum absolute atomic E-state index is 14.2. The third-order valence-corrected chi connectivity index (χ3v) is 12.5. The Bertz CT molecular complexity index is 1590. The van der Waals surface area contributed by atoms with Crippen LogP contribution in [-0.2, 0) is 24.5 Å². The van der Waals surface area contributed by atoms with E-state index >= 15 is 0 Å². The van der Waals surface area contributed by atoms with Gasteiger partial charge in [-0.1, -0.05) is 31.4 Å². The first-order valence-corrected chi connectivity index (χ1v) is 19.5. The van der Waals surface area contributed by atoms with E-state index in [2.05, 4.69) is 35.2 Å². The summed E-state index contributed by atoms with van der Waals surface area (Å²) < 4.78 is 15.1. The molecule has 1 aliphatic heterocycles. The summed E-state index contributed by atoms with van der Waals surface area (Å²) in [5.41, 5.74) is 10.6. The summed E-state index contributed by atoms with van der Waals surface area (Å²) in [5.74, 6) is 2.14. The number of aromatic nitrogens is 1. The van der Waals surface area contributed by atoms with Crippen LogP contribution in [0.1, 0.15) is 114 Å². The Hall–Kier alpha value is -3.92. The monoisotopic (exact) mass is 716 g/mol. The second-order valence-corrected chi connectivity index (χ2v) is 15.9. The van der Waals surface area contributed by atoms with Crippen LogP contribution in [0.15, 0.2) is 42.6 Å². The maximum Gasteiger partial charge on any atom is 0.407 e. The van der Waals surface area contributed by atoms with Gasteiger partial charge in [0.25, 0.3) is 0 Å². The van der Waals surface area contributed by atoms with E-state index in [1.165, 1.54) is 24.7 Å². The number of carbonyl (C=O) groups excluding carboxylic acids is 3. The molecule has 0 spiro atoms. The van der Waals surface area contributed by atoms with E-state index in [4.69, 9.17) is 20.2 Å². The molecule has 0 unspecified atom stereocenters. The standard InChI is InChI=1S/C35H45N3O3.C7H13NO3.H2/c1-24-20-28(10-11-31(24)41-2)35-16-13-34(14-17-35,15-18-35)23-38(33(40)26-6-4-3-5-7-26)32-21-27(12-19-37-32)29(36)22-30(39)25-8-9-25;1-10-7(9)8-6-2-4-11-5-3-6;/h10-12,19-22,25-26H,3-9,13-18,23,36H2,1-2H3;6H,2-5H2,1H3,(H,8,9);1H/b29-22-;;.